The molecule has 1 N–H and O–H groups in total. The second kappa shape index (κ2) is 5.56. The van der Waals surface area contributed by atoms with Gasteiger partial charge in [0, 0.05) is 0 Å². The summed E-state index contributed by atoms with van der Waals surface area (Å²) in [5, 5.41) is 11.1. The minimum Gasteiger partial charge on any atom is -0.385 e. The van der Waals surface area contributed by atoms with E-state index >= 15 is 0 Å². The van der Waals surface area contributed by atoms with Gasteiger partial charge in [0.1, 0.15) is 0 Å². The maximum absolute atomic E-state index is 11.1. The van der Waals surface area contributed by atoms with Gasteiger partial charge in [0.15, 0.2) is 0 Å². The molecule has 1 heteroatoms. The first-order valence-electron chi connectivity index (χ1n) is 7.56. The Morgan fingerprint density at radius 3 is 2.71 bits per heavy atom. The Hall–Kier alpha value is -0.300. The lowest BCUT2D eigenvalue weighted by Crippen LogP contribution is -2.44. The molecule has 0 saturated heterocycles. The number of rotatable bonds is 1. The first kappa shape index (κ1) is 13.1. The monoisotopic (exact) mass is 236 g/mol. The summed E-state index contributed by atoms with van der Waals surface area (Å²) in [6.07, 6.45) is 13.4. The third kappa shape index (κ3) is 2.76. The molecule has 17 heavy (non-hydrogen) atoms. The highest BCUT2D eigenvalue weighted by Crippen LogP contribution is 2.44. The number of hydrogen-bond acceptors (Lipinski definition) is 1. The summed E-state index contributed by atoms with van der Waals surface area (Å²) >= 11 is 0. The Labute approximate surface area is 106 Å². The molecule has 0 amide bonds. The van der Waals surface area contributed by atoms with Gasteiger partial charge in [-0.1, -0.05) is 39.2 Å². The van der Waals surface area contributed by atoms with E-state index in [4.69, 9.17) is 0 Å². The normalized spacial score (nSPS) is 40.3. The average Bonchev–Trinajstić information content (AvgIpc) is 2.25. The molecule has 3 unspecified atom stereocenters. The second-order valence-corrected chi connectivity index (χ2v) is 6.26. The number of allylic oxidation sites excluding steroid dienone is 1. The highest BCUT2D eigenvalue weighted by molar-refractivity contribution is 5.20. The van der Waals surface area contributed by atoms with Crippen LogP contribution in [0.25, 0.3) is 0 Å². The van der Waals surface area contributed by atoms with Crippen molar-refractivity contribution >= 4 is 0 Å². The van der Waals surface area contributed by atoms with Crippen molar-refractivity contribution in [2.45, 2.75) is 77.2 Å². The van der Waals surface area contributed by atoms with E-state index in [0.29, 0.717) is 11.8 Å². The van der Waals surface area contributed by atoms with Crippen LogP contribution in [0.3, 0.4) is 0 Å². The molecule has 2 rings (SSSR count). The molecule has 0 spiro atoms. The van der Waals surface area contributed by atoms with Crippen molar-refractivity contribution in [1.82, 2.24) is 0 Å². The minimum absolute atomic E-state index is 0.432. The lowest BCUT2D eigenvalue weighted by atomic mass is 9.66. The molecule has 0 heterocycles. The zero-order valence-electron chi connectivity index (χ0n) is 11.5. The van der Waals surface area contributed by atoms with Gasteiger partial charge in [-0.2, -0.15) is 0 Å². The molecule has 0 radical (unpaired) electrons. The first-order valence-corrected chi connectivity index (χ1v) is 7.56. The van der Waals surface area contributed by atoms with Gasteiger partial charge in [0.25, 0.3) is 0 Å². The smallest absolute Gasteiger partial charge is 0.0884 e. The summed E-state index contributed by atoms with van der Waals surface area (Å²) in [6.45, 7) is 4.56. The Bertz CT molecular complexity index is 281. The Kier molecular flexibility index (Phi) is 4.30. The van der Waals surface area contributed by atoms with Crippen LogP contribution in [0.4, 0.5) is 0 Å². The minimum atomic E-state index is -0.477. The summed E-state index contributed by atoms with van der Waals surface area (Å²) in [5.41, 5.74) is 0.894. The van der Waals surface area contributed by atoms with E-state index in [1.165, 1.54) is 50.5 Å². The van der Waals surface area contributed by atoms with Crippen LogP contribution in [0.1, 0.15) is 71.6 Å². The molecule has 2 aliphatic rings. The highest BCUT2D eigenvalue weighted by atomic mass is 16.3. The summed E-state index contributed by atoms with van der Waals surface area (Å²) < 4.78 is 0. The van der Waals surface area contributed by atoms with Crippen molar-refractivity contribution in [2.24, 2.45) is 11.8 Å². The molecule has 0 aliphatic heterocycles. The van der Waals surface area contributed by atoms with Crippen LogP contribution in [0.15, 0.2) is 11.6 Å². The standard InChI is InChI=1S/C16H28O/c1-13-9-8-12-16(17,14(13)2)15-10-6-4-3-5-7-11-15/h10,13-14,17H,3-9,11-12H2,1-2H3. The van der Waals surface area contributed by atoms with Gasteiger partial charge in [-0.05, 0) is 55.9 Å². The van der Waals surface area contributed by atoms with Crippen LogP contribution in [-0.4, -0.2) is 10.7 Å². The largest absolute Gasteiger partial charge is 0.385 e. The van der Waals surface area contributed by atoms with E-state index in [9.17, 15) is 5.11 Å². The van der Waals surface area contributed by atoms with E-state index in [1.54, 1.807) is 0 Å². The van der Waals surface area contributed by atoms with E-state index in [0.717, 1.165) is 12.8 Å². The van der Waals surface area contributed by atoms with Gasteiger partial charge in [0.2, 0.25) is 0 Å². The SMILES string of the molecule is CC1CCCC(O)(C2=CCCCCCC2)C1C. The van der Waals surface area contributed by atoms with Gasteiger partial charge in [0.05, 0.1) is 5.60 Å². The van der Waals surface area contributed by atoms with Gasteiger partial charge in [-0.25, -0.2) is 0 Å². The van der Waals surface area contributed by atoms with Crippen molar-refractivity contribution in [1.29, 1.82) is 0 Å². The maximum Gasteiger partial charge on any atom is 0.0884 e. The number of hydrogen-bond donors (Lipinski definition) is 1. The first-order chi connectivity index (χ1) is 8.14. The van der Waals surface area contributed by atoms with Crippen molar-refractivity contribution < 1.29 is 5.11 Å². The Morgan fingerprint density at radius 1 is 1.12 bits per heavy atom. The van der Waals surface area contributed by atoms with Gasteiger partial charge in [-0.3, -0.25) is 0 Å². The third-order valence-corrected chi connectivity index (χ3v) is 5.17. The zero-order chi connectivity index (χ0) is 12.3. The van der Waals surface area contributed by atoms with E-state index in [2.05, 4.69) is 19.9 Å². The molecule has 1 nitrogen and oxygen atoms in total. The quantitative estimate of drug-likeness (QED) is 0.667. The molecular formula is C16H28O. The fourth-order valence-electron chi connectivity index (χ4n) is 3.68. The summed E-state index contributed by atoms with van der Waals surface area (Å²) in [4.78, 5) is 0. The van der Waals surface area contributed by atoms with Gasteiger partial charge >= 0.3 is 0 Å². The molecule has 0 aromatic rings. The lowest BCUT2D eigenvalue weighted by Gasteiger charge is -2.44. The molecule has 0 aromatic heterocycles. The van der Waals surface area contributed by atoms with Gasteiger partial charge < -0.3 is 5.11 Å². The van der Waals surface area contributed by atoms with Crippen molar-refractivity contribution in [3.05, 3.63) is 11.6 Å². The van der Waals surface area contributed by atoms with Crippen molar-refractivity contribution in [3.63, 3.8) is 0 Å². The van der Waals surface area contributed by atoms with Crippen LogP contribution in [0, 0.1) is 11.8 Å². The highest BCUT2D eigenvalue weighted by Gasteiger charge is 2.42. The lowest BCUT2D eigenvalue weighted by molar-refractivity contribution is -0.0344. The molecule has 1 saturated carbocycles. The predicted octanol–water partition coefficient (Wildman–Crippen LogP) is 4.45. The molecule has 1 fully saturated rings. The predicted molar refractivity (Wildman–Crippen MR) is 72.9 cm³/mol. The second-order valence-electron chi connectivity index (χ2n) is 6.26. The Morgan fingerprint density at radius 2 is 1.88 bits per heavy atom. The molecule has 3 atom stereocenters. The van der Waals surface area contributed by atoms with Crippen molar-refractivity contribution in [2.75, 3.05) is 0 Å². The summed E-state index contributed by atoms with van der Waals surface area (Å²) in [5.74, 6) is 1.10. The molecule has 2 aliphatic carbocycles. The zero-order valence-corrected chi connectivity index (χ0v) is 11.5. The van der Waals surface area contributed by atoms with Crippen LogP contribution < -0.4 is 0 Å². The Balaban J connectivity index is 2.16. The van der Waals surface area contributed by atoms with Crippen LogP contribution in [0.2, 0.25) is 0 Å². The van der Waals surface area contributed by atoms with Crippen LogP contribution >= 0.6 is 0 Å². The molecule has 0 bridgehead atoms. The molecular weight excluding hydrogens is 208 g/mol. The molecule has 0 aromatic carbocycles. The number of aliphatic hydroxyl groups is 1. The van der Waals surface area contributed by atoms with E-state index in [-0.39, 0.29) is 0 Å². The maximum atomic E-state index is 11.1. The summed E-state index contributed by atoms with van der Waals surface area (Å²) in [6, 6.07) is 0. The van der Waals surface area contributed by atoms with Crippen LogP contribution in [0.5, 0.6) is 0 Å². The van der Waals surface area contributed by atoms with E-state index in [1.807, 2.05) is 0 Å². The molecule has 98 valence electrons. The van der Waals surface area contributed by atoms with E-state index < -0.39 is 5.60 Å². The summed E-state index contributed by atoms with van der Waals surface area (Å²) in [7, 11) is 0. The fraction of sp³-hybridized carbons (Fsp3) is 0.875. The van der Waals surface area contributed by atoms with Gasteiger partial charge in [-0.15, -0.1) is 0 Å². The fourth-order valence-corrected chi connectivity index (χ4v) is 3.68. The average molecular weight is 236 g/mol. The third-order valence-electron chi connectivity index (χ3n) is 5.17. The van der Waals surface area contributed by atoms with Crippen LogP contribution in [-0.2, 0) is 0 Å². The van der Waals surface area contributed by atoms with Crippen molar-refractivity contribution in [3.8, 4) is 0 Å². The topological polar surface area (TPSA) is 20.2 Å².